The van der Waals surface area contributed by atoms with E-state index >= 15 is 0 Å². The number of aromatic nitrogens is 2. The van der Waals surface area contributed by atoms with Crippen LogP contribution in [0.2, 0.25) is 0 Å². The summed E-state index contributed by atoms with van der Waals surface area (Å²) < 4.78 is 0. The summed E-state index contributed by atoms with van der Waals surface area (Å²) in [5, 5.41) is 10.2. The highest BCUT2D eigenvalue weighted by Gasteiger charge is 2.39. The van der Waals surface area contributed by atoms with E-state index < -0.39 is 0 Å². The molecule has 2 heterocycles. The third-order valence-electron chi connectivity index (χ3n) is 5.99. The lowest BCUT2D eigenvalue weighted by molar-refractivity contribution is 0.0546. The lowest BCUT2D eigenvalue weighted by Crippen LogP contribution is -2.49. The maximum absolute atomic E-state index is 13.2. The number of nitrogens with zero attached hydrogens (tertiary/aromatic N) is 2. The minimum absolute atomic E-state index is 0.0909. The standard InChI is InChI=1S/C21H21N3O2/c25-20-5-1-3-14-15-4-2-10-24(19(15)9-7-16(14)20)21(26)13-6-8-17-18(11-13)23-12-22-17/h1,3,5-6,8,11-12,15,19,25H,2,4,7,9-10H2,(H,22,23)/t15-,19-/m0/s1. The van der Waals surface area contributed by atoms with E-state index in [0.717, 1.165) is 48.8 Å². The Bertz CT molecular complexity index is 994. The van der Waals surface area contributed by atoms with Crippen molar-refractivity contribution in [1.82, 2.24) is 14.9 Å². The molecule has 5 rings (SSSR count). The summed E-state index contributed by atoms with van der Waals surface area (Å²) >= 11 is 0. The van der Waals surface area contributed by atoms with E-state index in [-0.39, 0.29) is 11.9 Å². The lowest BCUT2D eigenvalue weighted by atomic mass is 9.74. The third-order valence-corrected chi connectivity index (χ3v) is 5.99. The number of rotatable bonds is 1. The Labute approximate surface area is 151 Å². The number of likely N-dealkylation sites (tertiary alicyclic amines) is 1. The largest absolute Gasteiger partial charge is 0.508 e. The SMILES string of the molecule is O=C(c1ccc2[nH]cnc2c1)N1CCC[C@H]2c3cccc(O)c3CC[C@@H]21. The van der Waals surface area contributed by atoms with Crippen molar-refractivity contribution < 1.29 is 9.90 Å². The average molecular weight is 347 g/mol. The van der Waals surface area contributed by atoms with E-state index in [0.29, 0.717) is 17.2 Å². The van der Waals surface area contributed by atoms with Crippen LogP contribution in [0.5, 0.6) is 5.75 Å². The number of piperidine rings is 1. The summed E-state index contributed by atoms with van der Waals surface area (Å²) in [5.41, 5.74) is 4.76. The van der Waals surface area contributed by atoms with Crippen molar-refractivity contribution in [1.29, 1.82) is 0 Å². The minimum atomic E-state index is 0.0909. The second kappa shape index (κ2) is 5.87. The van der Waals surface area contributed by atoms with Gasteiger partial charge in [-0.05, 0) is 61.1 Å². The van der Waals surface area contributed by atoms with Gasteiger partial charge in [-0.25, -0.2) is 4.98 Å². The smallest absolute Gasteiger partial charge is 0.254 e. The fraction of sp³-hybridized carbons (Fsp3) is 0.333. The number of H-pyrrole nitrogens is 1. The van der Waals surface area contributed by atoms with Gasteiger partial charge in [0.25, 0.3) is 5.91 Å². The van der Waals surface area contributed by atoms with Crippen LogP contribution in [0.15, 0.2) is 42.7 Å². The first-order valence-corrected chi connectivity index (χ1v) is 9.27. The zero-order valence-electron chi connectivity index (χ0n) is 14.5. The first-order chi connectivity index (χ1) is 12.7. The summed E-state index contributed by atoms with van der Waals surface area (Å²) in [6, 6.07) is 11.7. The number of carbonyl (C=O) groups is 1. The molecule has 1 amide bonds. The number of imidazole rings is 1. The van der Waals surface area contributed by atoms with Crippen LogP contribution < -0.4 is 0 Å². The van der Waals surface area contributed by atoms with Gasteiger partial charge in [-0.3, -0.25) is 4.79 Å². The fourth-order valence-electron chi connectivity index (χ4n) is 4.76. The van der Waals surface area contributed by atoms with Crippen LogP contribution in [0, 0.1) is 0 Å². The summed E-state index contributed by atoms with van der Waals surface area (Å²) in [5.74, 6) is 0.805. The number of benzene rings is 2. The van der Waals surface area contributed by atoms with E-state index in [9.17, 15) is 9.90 Å². The van der Waals surface area contributed by atoms with Gasteiger partial charge in [0.15, 0.2) is 0 Å². The number of phenols is 1. The Kier molecular flexibility index (Phi) is 3.48. The van der Waals surface area contributed by atoms with E-state index in [1.54, 1.807) is 12.4 Å². The van der Waals surface area contributed by atoms with Crippen LogP contribution in [0.4, 0.5) is 0 Å². The summed E-state index contributed by atoms with van der Waals surface area (Å²) in [4.78, 5) is 22.6. The van der Waals surface area contributed by atoms with Crippen molar-refractivity contribution in [3.8, 4) is 5.75 Å². The van der Waals surface area contributed by atoms with Crippen molar-refractivity contribution in [2.75, 3.05) is 6.54 Å². The van der Waals surface area contributed by atoms with Crippen molar-refractivity contribution in [2.45, 2.75) is 37.6 Å². The molecule has 132 valence electrons. The van der Waals surface area contributed by atoms with Crippen LogP contribution in [-0.2, 0) is 6.42 Å². The van der Waals surface area contributed by atoms with Crippen molar-refractivity contribution in [3.05, 3.63) is 59.4 Å². The second-order valence-electron chi connectivity index (χ2n) is 7.33. The molecular weight excluding hydrogens is 326 g/mol. The molecule has 0 radical (unpaired) electrons. The molecule has 2 aromatic carbocycles. The number of carbonyl (C=O) groups excluding carboxylic acids is 1. The molecule has 2 atom stereocenters. The summed E-state index contributed by atoms with van der Waals surface area (Å²) in [6.45, 7) is 0.798. The number of hydrogen-bond donors (Lipinski definition) is 2. The van der Waals surface area contributed by atoms with E-state index in [1.165, 1.54) is 5.56 Å². The molecule has 0 unspecified atom stereocenters. The Morgan fingerprint density at radius 2 is 2.15 bits per heavy atom. The monoisotopic (exact) mass is 347 g/mol. The molecule has 5 nitrogen and oxygen atoms in total. The molecule has 0 saturated carbocycles. The lowest BCUT2D eigenvalue weighted by Gasteiger charge is -2.45. The zero-order valence-corrected chi connectivity index (χ0v) is 14.5. The Balaban J connectivity index is 1.49. The molecular formula is C21H21N3O2. The minimum Gasteiger partial charge on any atom is -0.508 e. The third kappa shape index (κ3) is 2.30. The molecule has 2 N–H and O–H groups in total. The number of aromatic amines is 1. The first-order valence-electron chi connectivity index (χ1n) is 9.27. The van der Waals surface area contributed by atoms with Gasteiger partial charge in [0.2, 0.25) is 0 Å². The first kappa shape index (κ1) is 15.4. The molecule has 1 aliphatic carbocycles. The van der Waals surface area contributed by atoms with Crippen LogP contribution in [0.25, 0.3) is 11.0 Å². The highest BCUT2D eigenvalue weighted by atomic mass is 16.3. The topological polar surface area (TPSA) is 69.2 Å². The molecule has 5 heteroatoms. The highest BCUT2D eigenvalue weighted by molar-refractivity contribution is 5.97. The maximum atomic E-state index is 13.2. The van der Waals surface area contributed by atoms with Gasteiger partial charge < -0.3 is 15.0 Å². The Morgan fingerprint density at radius 1 is 1.23 bits per heavy atom. The Hall–Kier alpha value is -2.82. The fourth-order valence-corrected chi connectivity index (χ4v) is 4.76. The molecule has 1 aliphatic heterocycles. The van der Waals surface area contributed by atoms with Crippen LogP contribution in [0.3, 0.4) is 0 Å². The van der Waals surface area contributed by atoms with Crippen molar-refractivity contribution in [3.63, 3.8) is 0 Å². The number of aromatic hydroxyl groups is 1. The molecule has 1 saturated heterocycles. The van der Waals surface area contributed by atoms with Gasteiger partial charge in [-0.2, -0.15) is 0 Å². The van der Waals surface area contributed by atoms with Crippen LogP contribution in [-0.4, -0.2) is 38.5 Å². The van der Waals surface area contributed by atoms with E-state index in [4.69, 9.17) is 0 Å². The molecule has 1 aromatic heterocycles. The number of amides is 1. The van der Waals surface area contributed by atoms with Gasteiger partial charge in [-0.15, -0.1) is 0 Å². The van der Waals surface area contributed by atoms with Crippen molar-refractivity contribution in [2.24, 2.45) is 0 Å². The quantitative estimate of drug-likeness (QED) is 0.707. The summed E-state index contributed by atoms with van der Waals surface area (Å²) in [6.07, 6.45) is 5.45. The van der Waals surface area contributed by atoms with Gasteiger partial charge in [0, 0.05) is 24.1 Å². The highest BCUT2D eigenvalue weighted by Crippen LogP contribution is 2.43. The van der Waals surface area contributed by atoms with Crippen LogP contribution in [0.1, 0.15) is 46.7 Å². The zero-order chi connectivity index (χ0) is 17.7. The van der Waals surface area contributed by atoms with Gasteiger partial charge >= 0.3 is 0 Å². The molecule has 2 aliphatic rings. The van der Waals surface area contributed by atoms with Gasteiger partial charge in [-0.1, -0.05) is 12.1 Å². The second-order valence-corrected chi connectivity index (χ2v) is 7.33. The average Bonchev–Trinajstić information content (AvgIpc) is 3.15. The normalized spacial score (nSPS) is 22.1. The number of fused-ring (bicyclic) bond motifs is 4. The maximum Gasteiger partial charge on any atom is 0.254 e. The Morgan fingerprint density at radius 3 is 3.08 bits per heavy atom. The molecule has 26 heavy (non-hydrogen) atoms. The molecule has 3 aromatic rings. The predicted octanol–water partition coefficient (Wildman–Crippen LogP) is 3.60. The van der Waals surface area contributed by atoms with E-state index in [1.807, 2.05) is 24.3 Å². The van der Waals surface area contributed by atoms with Gasteiger partial charge in [0.1, 0.15) is 5.75 Å². The van der Waals surface area contributed by atoms with Gasteiger partial charge in [0.05, 0.1) is 17.4 Å². The number of hydrogen-bond acceptors (Lipinski definition) is 3. The molecule has 1 fully saturated rings. The molecule has 0 bridgehead atoms. The predicted molar refractivity (Wildman–Crippen MR) is 99.3 cm³/mol. The van der Waals surface area contributed by atoms with Crippen molar-refractivity contribution >= 4 is 16.9 Å². The summed E-state index contributed by atoms with van der Waals surface area (Å²) in [7, 11) is 0. The van der Waals surface area contributed by atoms with Crippen LogP contribution >= 0.6 is 0 Å². The number of phenolic OH excluding ortho intramolecular Hbond substituents is 1. The van der Waals surface area contributed by atoms with E-state index in [2.05, 4.69) is 20.9 Å². The number of nitrogens with one attached hydrogen (secondary N) is 1. The molecule has 0 spiro atoms.